The molecule has 1 unspecified atom stereocenters. The van der Waals surface area contributed by atoms with Gasteiger partial charge in [-0.05, 0) is 24.5 Å². The van der Waals surface area contributed by atoms with Gasteiger partial charge < -0.3 is 14.5 Å². The fourth-order valence-electron chi connectivity index (χ4n) is 5.03. The zero-order valence-electron chi connectivity index (χ0n) is 17.4. The number of nitro benzene ring substituents is 1. The van der Waals surface area contributed by atoms with Gasteiger partial charge in [0.1, 0.15) is 11.9 Å². The van der Waals surface area contributed by atoms with Crippen molar-refractivity contribution in [3.63, 3.8) is 0 Å². The van der Waals surface area contributed by atoms with Gasteiger partial charge in [-0.1, -0.05) is 42.5 Å². The Morgan fingerprint density at radius 3 is 2.52 bits per heavy atom. The zero-order chi connectivity index (χ0) is 21.4. The number of hydrogen-bond acceptors (Lipinski definition) is 6. The van der Waals surface area contributed by atoms with Gasteiger partial charge in [0.05, 0.1) is 23.6 Å². The van der Waals surface area contributed by atoms with Crippen LogP contribution in [0.25, 0.3) is 0 Å². The molecule has 0 bridgehead atoms. The van der Waals surface area contributed by atoms with E-state index < -0.39 is 0 Å². The van der Waals surface area contributed by atoms with Gasteiger partial charge in [0.2, 0.25) is 5.91 Å². The van der Waals surface area contributed by atoms with E-state index in [2.05, 4.69) is 21.9 Å². The van der Waals surface area contributed by atoms with Crippen molar-refractivity contribution in [2.75, 3.05) is 37.6 Å². The first kappa shape index (κ1) is 20.0. The number of piperazine rings is 1. The monoisotopic (exact) mass is 422 g/mol. The van der Waals surface area contributed by atoms with E-state index in [0.717, 1.165) is 19.4 Å². The van der Waals surface area contributed by atoms with Gasteiger partial charge >= 0.3 is 0 Å². The molecule has 0 aliphatic carbocycles. The number of para-hydroxylation sites is 2. The molecule has 8 nitrogen and oxygen atoms in total. The largest absolute Gasteiger partial charge is 0.366 e. The molecule has 0 aromatic heterocycles. The highest BCUT2D eigenvalue weighted by molar-refractivity contribution is 5.79. The highest BCUT2D eigenvalue weighted by atomic mass is 16.6. The van der Waals surface area contributed by atoms with Crippen molar-refractivity contribution in [3.8, 4) is 0 Å². The fourth-order valence-corrected chi connectivity index (χ4v) is 5.03. The summed E-state index contributed by atoms with van der Waals surface area (Å²) in [5, 5.41) is 11.4. The number of carbonyl (C=O) groups excluding carboxylic acids is 1. The Labute approximate surface area is 181 Å². The van der Waals surface area contributed by atoms with Crippen molar-refractivity contribution < 1.29 is 14.5 Å². The fraction of sp³-hybridized carbons (Fsp3) is 0.435. The van der Waals surface area contributed by atoms with Crippen LogP contribution in [0.15, 0.2) is 54.6 Å². The molecule has 162 valence electrons. The summed E-state index contributed by atoms with van der Waals surface area (Å²) in [6, 6.07) is 17.0. The second-order valence-electron chi connectivity index (χ2n) is 8.67. The highest BCUT2D eigenvalue weighted by Gasteiger charge is 2.50. The van der Waals surface area contributed by atoms with E-state index in [1.807, 2.05) is 29.2 Å². The van der Waals surface area contributed by atoms with E-state index in [0.29, 0.717) is 38.4 Å². The molecule has 2 aromatic carbocycles. The summed E-state index contributed by atoms with van der Waals surface area (Å²) in [6.45, 7) is 3.81. The van der Waals surface area contributed by atoms with Crippen LogP contribution in [-0.2, 0) is 16.1 Å². The lowest BCUT2D eigenvalue weighted by atomic mass is 9.91. The Morgan fingerprint density at radius 2 is 1.77 bits per heavy atom. The quantitative estimate of drug-likeness (QED) is 0.557. The van der Waals surface area contributed by atoms with Crippen molar-refractivity contribution >= 4 is 17.3 Å². The lowest BCUT2D eigenvalue weighted by Crippen LogP contribution is -2.53. The van der Waals surface area contributed by atoms with Gasteiger partial charge in [0.25, 0.3) is 5.69 Å². The molecule has 1 spiro atoms. The first-order chi connectivity index (χ1) is 15.0. The van der Waals surface area contributed by atoms with Crippen LogP contribution in [-0.4, -0.2) is 65.2 Å². The molecular formula is C23H26N4O4. The van der Waals surface area contributed by atoms with E-state index in [-0.39, 0.29) is 28.3 Å². The minimum Gasteiger partial charge on any atom is -0.366 e. The van der Waals surface area contributed by atoms with E-state index in [9.17, 15) is 14.9 Å². The Hall–Kier alpha value is -2.97. The summed E-state index contributed by atoms with van der Waals surface area (Å²) in [6.07, 6.45) is 1.28. The highest BCUT2D eigenvalue weighted by Crippen LogP contribution is 2.39. The maximum atomic E-state index is 12.8. The Morgan fingerprint density at radius 1 is 1.06 bits per heavy atom. The van der Waals surface area contributed by atoms with E-state index in [1.165, 1.54) is 5.56 Å². The molecule has 3 fully saturated rings. The van der Waals surface area contributed by atoms with Crippen LogP contribution in [0.3, 0.4) is 0 Å². The van der Waals surface area contributed by atoms with Gasteiger partial charge in [-0.2, -0.15) is 0 Å². The lowest BCUT2D eigenvalue weighted by Gasteiger charge is -2.39. The van der Waals surface area contributed by atoms with Gasteiger partial charge in [0, 0.05) is 32.2 Å². The third-order valence-corrected chi connectivity index (χ3v) is 6.63. The molecule has 0 saturated carbocycles. The summed E-state index contributed by atoms with van der Waals surface area (Å²) >= 11 is 0. The summed E-state index contributed by atoms with van der Waals surface area (Å²) in [7, 11) is 0. The predicted octanol–water partition coefficient (Wildman–Crippen LogP) is 2.63. The van der Waals surface area contributed by atoms with E-state index in [1.54, 1.807) is 18.2 Å². The van der Waals surface area contributed by atoms with Crippen LogP contribution in [0.4, 0.5) is 11.4 Å². The Balaban J connectivity index is 1.25. The van der Waals surface area contributed by atoms with Gasteiger partial charge in [-0.3, -0.25) is 19.8 Å². The Kier molecular flexibility index (Phi) is 5.11. The average molecular weight is 422 g/mol. The van der Waals surface area contributed by atoms with Crippen molar-refractivity contribution in [1.82, 2.24) is 9.80 Å². The second kappa shape index (κ2) is 7.94. The van der Waals surface area contributed by atoms with Crippen LogP contribution in [0, 0.1) is 10.1 Å². The van der Waals surface area contributed by atoms with Crippen LogP contribution in [0.1, 0.15) is 18.4 Å². The number of hydrogen-bond donors (Lipinski definition) is 0. The molecule has 1 amide bonds. The minimum atomic E-state index is -0.358. The summed E-state index contributed by atoms with van der Waals surface area (Å²) in [5.74, 6) is 0.116. The van der Waals surface area contributed by atoms with Crippen molar-refractivity contribution in [2.24, 2.45) is 0 Å². The van der Waals surface area contributed by atoms with Crippen LogP contribution in [0.5, 0.6) is 0 Å². The molecule has 1 atom stereocenters. The number of piperidine rings is 1. The number of amides is 1. The molecule has 3 saturated heterocycles. The number of nitrogens with zero attached hydrogens (tertiary/aromatic N) is 4. The molecule has 31 heavy (non-hydrogen) atoms. The SMILES string of the molecule is O=C1CN(Cc2ccccc2)CC2OC3(CCN(c4ccccc4[N+](=O)[O-])CC3)CN12. The predicted molar refractivity (Wildman–Crippen MR) is 116 cm³/mol. The van der Waals surface area contributed by atoms with Crippen LogP contribution in [0.2, 0.25) is 0 Å². The molecule has 5 rings (SSSR count). The van der Waals surface area contributed by atoms with Gasteiger partial charge in [0.15, 0.2) is 0 Å². The number of anilines is 1. The van der Waals surface area contributed by atoms with Crippen molar-refractivity contribution in [3.05, 3.63) is 70.3 Å². The van der Waals surface area contributed by atoms with Gasteiger partial charge in [-0.25, -0.2) is 0 Å². The maximum Gasteiger partial charge on any atom is 0.292 e. The lowest BCUT2D eigenvalue weighted by molar-refractivity contribution is -0.384. The summed E-state index contributed by atoms with van der Waals surface area (Å²) in [4.78, 5) is 30.0. The Bertz CT molecular complexity index is 975. The second-order valence-corrected chi connectivity index (χ2v) is 8.67. The van der Waals surface area contributed by atoms with Crippen LogP contribution >= 0.6 is 0 Å². The number of nitro groups is 1. The molecule has 2 aromatic rings. The number of rotatable bonds is 4. The standard InChI is InChI=1S/C23H26N4O4/c28-21-15-24(14-18-6-2-1-3-7-18)16-22-26(21)17-23(31-22)10-12-25(13-11-23)19-8-4-5-9-20(19)27(29)30/h1-9,22H,10-17H2. The first-order valence-electron chi connectivity index (χ1n) is 10.7. The average Bonchev–Trinajstić information content (AvgIpc) is 3.13. The molecule has 3 aliphatic rings. The first-order valence-corrected chi connectivity index (χ1v) is 10.7. The molecule has 3 aliphatic heterocycles. The van der Waals surface area contributed by atoms with Crippen molar-refractivity contribution in [1.29, 1.82) is 0 Å². The van der Waals surface area contributed by atoms with E-state index >= 15 is 0 Å². The number of fused-ring (bicyclic) bond motifs is 1. The maximum absolute atomic E-state index is 12.8. The third-order valence-electron chi connectivity index (χ3n) is 6.63. The third kappa shape index (κ3) is 3.88. The van der Waals surface area contributed by atoms with Gasteiger partial charge in [-0.15, -0.1) is 0 Å². The smallest absolute Gasteiger partial charge is 0.292 e. The minimum absolute atomic E-state index is 0.116. The topological polar surface area (TPSA) is 79.2 Å². The van der Waals surface area contributed by atoms with Crippen molar-refractivity contribution in [2.45, 2.75) is 31.2 Å². The number of ether oxygens (including phenoxy) is 1. The summed E-state index contributed by atoms with van der Waals surface area (Å²) in [5.41, 5.74) is 1.62. The molecule has 0 N–H and O–H groups in total. The molecule has 0 radical (unpaired) electrons. The van der Waals surface area contributed by atoms with Crippen LogP contribution < -0.4 is 4.90 Å². The molecule has 8 heteroatoms. The molecular weight excluding hydrogens is 396 g/mol. The summed E-state index contributed by atoms with van der Waals surface area (Å²) < 4.78 is 6.50. The molecule has 3 heterocycles. The number of benzene rings is 2. The zero-order valence-corrected chi connectivity index (χ0v) is 17.4. The normalized spacial score (nSPS) is 23.2. The van der Waals surface area contributed by atoms with E-state index in [4.69, 9.17) is 4.74 Å². The number of carbonyl (C=O) groups is 1.